The van der Waals surface area contributed by atoms with Crippen molar-refractivity contribution in [2.45, 2.75) is 56.8 Å². The zero-order chi connectivity index (χ0) is 27.9. The molecular formula is C31H31FN4O4. The molecule has 206 valence electrons. The highest BCUT2D eigenvalue weighted by Crippen LogP contribution is 2.33. The largest absolute Gasteiger partial charge is 0.389 e. The number of benzene rings is 2. The molecule has 0 radical (unpaired) electrons. The van der Waals surface area contributed by atoms with Gasteiger partial charge in [-0.3, -0.25) is 29.6 Å². The van der Waals surface area contributed by atoms with Crippen molar-refractivity contribution in [1.82, 2.24) is 20.1 Å². The third-order valence-corrected chi connectivity index (χ3v) is 8.32. The first-order valence-electron chi connectivity index (χ1n) is 13.7. The number of imide groups is 1. The SMILES string of the molecule is O=C1CCC(N2Cc3cc(-c4nccc(CN5CCC(O)(Cc6ccccc6)CC5)c4F)ccc3C2=O)C(=O)N1. The lowest BCUT2D eigenvalue weighted by molar-refractivity contribution is -0.136. The molecule has 40 heavy (non-hydrogen) atoms. The molecule has 3 aliphatic rings. The van der Waals surface area contributed by atoms with Crippen LogP contribution in [-0.2, 0) is 29.1 Å². The van der Waals surface area contributed by atoms with Crippen LogP contribution in [0.5, 0.6) is 0 Å². The number of carbonyl (C=O) groups excluding carboxylic acids is 3. The smallest absolute Gasteiger partial charge is 0.255 e. The normalized spacial score (nSPS) is 20.9. The van der Waals surface area contributed by atoms with E-state index in [1.165, 1.54) is 4.90 Å². The average molecular weight is 543 g/mol. The van der Waals surface area contributed by atoms with E-state index in [0.29, 0.717) is 61.2 Å². The summed E-state index contributed by atoms with van der Waals surface area (Å²) < 4.78 is 15.7. The molecule has 6 rings (SSSR count). The molecule has 2 saturated heterocycles. The molecular weight excluding hydrogens is 511 g/mol. The Bertz CT molecular complexity index is 1470. The van der Waals surface area contributed by atoms with Crippen LogP contribution >= 0.6 is 0 Å². The molecule has 8 nitrogen and oxygen atoms in total. The van der Waals surface area contributed by atoms with Crippen molar-refractivity contribution < 1.29 is 23.9 Å². The number of hydrogen-bond acceptors (Lipinski definition) is 6. The Morgan fingerprint density at radius 1 is 1.05 bits per heavy atom. The van der Waals surface area contributed by atoms with E-state index < -0.39 is 23.4 Å². The molecule has 0 bridgehead atoms. The summed E-state index contributed by atoms with van der Waals surface area (Å²) in [5, 5.41) is 13.4. The van der Waals surface area contributed by atoms with Crippen LogP contribution in [-0.4, -0.2) is 62.3 Å². The van der Waals surface area contributed by atoms with Gasteiger partial charge in [-0.2, -0.15) is 0 Å². The van der Waals surface area contributed by atoms with Crippen LogP contribution in [0.3, 0.4) is 0 Å². The number of piperidine rings is 2. The van der Waals surface area contributed by atoms with Gasteiger partial charge >= 0.3 is 0 Å². The number of aromatic nitrogens is 1. The fourth-order valence-corrected chi connectivity index (χ4v) is 6.05. The molecule has 9 heteroatoms. The molecule has 3 amide bonds. The summed E-state index contributed by atoms with van der Waals surface area (Å²) in [6, 6.07) is 16.1. The first-order chi connectivity index (χ1) is 19.3. The van der Waals surface area contributed by atoms with Gasteiger partial charge in [0, 0.05) is 61.9 Å². The fourth-order valence-electron chi connectivity index (χ4n) is 6.05. The Labute approximate surface area is 231 Å². The average Bonchev–Trinajstić information content (AvgIpc) is 3.27. The molecule has 4 heterocycles. The predicted molar refractivity (Wildman–Crippen MR) is 145 cm³/mol. The Kier molecular flexibility index (Phi) is 6.93. The van der Waals surface area contributed by atoms with E-state index in [2.05, 4.69) is 15.2 Å². The molecule has 0 aliphatic carbocycles. The molecule has 3 aliphatic heterocycles. The van der Waals surface area contributed by atoms with Crippen LogP contribution in [0.15, 0.2) is 60.8 Å². The van der Waals surface area contributed by atoms with Crippen molar-refractivity contribution in [1.29, 1.82) is 0 Å². The second-order valence-electron chi connectivity index (χ2n) is 11.1. The third kappa shape index (κ3) is 5.14. The number of hydrogen-bond donors (Lipinski definition) is 2. The molecule has 1 unspecified atom stereocenters. The second-order valence-corrected chi connectivity index (χ2v) is 11.1. The summed E-state index contributed by atoms with van der Waals surface area (Å²) >= 11 is 0. The van der Waals surface area contributed by atoms with Crippen molar-refractivity contribution in [3.8, 4) is 11.3 Å². The second kappa shape index (κ2) is 10.6. The van der Waals surface area contributed by atoms with Gasteiger partial charge in [-0.25, -0.2) is 4.39 Å². The van der Waals surface area contributed by atoms with Crippen LogP contribution in [0.25, 0.3) is 11.3 Å². The molecule has 0 spiro atoms. The van der Waals surface area contributed by atoms with E-state index in [1.807, 2.05) is 30.3 Å². The standard InChI is InChI=1S/C31H31FN4O4/c32-27-22(18-35-14-11-31(40,12-15-35)17-20-4-2-1-3-5-20)10-13-33-28(27)21-6-7-24-23(16-21)19-36(30(24)39)25-8-9-26(37)34-29(25)38/h1-7,10,13,16,25,40H,8-9,11-12,14-15,17-19H2,(H,34,37,38). The van der Waals surface area contributed by atoms with E-state index in [-0.39, 0.29) is 36.9 Å². The van der Waals surface area contributed by atoms with Crippen LogP contribution in [0.4, 0.5) is 4.39 Å². The summed E-state index contributed by atoms with van der Waals surface area (Å²) in [7, 11) is 0. The maximum absolute atomic E-state index is 15.7. The number of pyridine rings is 1. The Hall–Kier alpha value is -3.95. The number of likely N-dealkylation sites (tertiary alicyclic amines) is 1. The summed E-state index contributed by atoms with van der Waals surface area (Å²) in [6.45, 7) is 1.96. The van der Waals surface area contributed by atoms with Crippen LogP contribution < -0.4 is 5.32 Å². The number of nitrogens with one attached hydrogen (secondary N) is 1. The summed E-state index contributed by atoms with van der Waals surface area (Å²) in [5.74, 6) is -1.47. The maximum atomic E-state index is 15.7. The predicted octanol–water partition coefficient (Wildman–Crippen LogP) is 3.22. The number of carbonyl (C=O) groups is 3. The van der Waals surface area contributed by atoms with Crippen LogP contribution in [0.1, 0.15) is 52.7 Å². The van der Waals surface area contributed by atoms with Gasteiger partial charge < -0.3 is 10.0 Å². The molecule has 2 aromatic carbocycles. The number of rotatable bonds is 6. The summed E-state index contributed by atoms with van der Waals surface area (Å²) in [5.41, 5.74) is 2.83. The summed E-state index contributed by atoms with van der Waals surface area (Å²) in [4.78, 5) is 44.8. The van der Waals surface area contributed by atoms with Crippen molar-refractivity contribution in [2.75, 3.05) is 13.1 Å². The van der Waals surface area contributed by atoms with Gasteiger partial charge in [-0.15, -0.1) is 0 Å². The fraction of sp³-hybridized carbons (Fsp3) is 0.355. The van der Waals surface area contributed by atoms with E-state index >= 15 is 4.39 Å². The highest BCUT2D eigenvalue weighted by molar-refractivity contribution is 6.05. The minimum absolute atomic E-state index is 0.188. The molecule has 0 saturated carbocycles. The van der Waals surface area contributed by atoms with Crippen molar-refractivity contribution in [3.05, 3.63) is 88.9 Å². The summed E-state index contributed by atoms with van der Waals surface area (Å²) in [6.07, 6.45) is 3.91. The molecule has 1 atom stereocenters. The Morgan fingerprint density at radius 3 is 2.58 bits per heavy atom. The number of nitrogens with zero attached hydrogens (tertiary/aromatic N) is 3. The highest BCUT2D eigenvalue weighted by atomic mass is 19.1. The van der Waals surface area contributed by atoms with Crippen molar-refractivity contribution in [3.63, 3.8) is 0 Å². The van der Waals surface area contributed by atoms with Gasteiger partial charge in [0.2, 0.25) is 11.8 Å². The van der Waals surface area contributed by atoms with E-state index in [0.717, 1.165) is 5.56 Å². The van der Waals surface area contributed by atoms with E-state index in [9.17, 15) is 19.5 Å². The van der Waals surface area contributed by atoms with E-state index in [4.69, 9.17) is 0 Å². The minimum Gasteiger partial charge on any atom is -0.389 e. The molecule has 2 N–H and O–H groups in total. The molecule has 2 fully saturated rings. The van der Waals surface area contributed by atoms with Gasteiger partial charge in [0.15, 0.2) is 5.82 Å². The number of halogens is 1. The zero-order valence-corrected chi connectivity index (χ0v) is 22.1. The number of amides is 3. The lowest BCUT2D eigenvalue weighted by Gasteiger charge is -2.38. The first kappa shape index (κ1) is 26.3. The van der Waals surface area contributed by atoms with Crippen molar-refractivity contribution >= 4 is 17.7 Å². The van der Waals surface area contributed by atoms with Crippen molar-refractivity contribution in [2.24, 2.45) is 0 Å². The quantitative estimate of drug-likeness (QED) is 0.464. The topological polar surface area (TPSA) is 103 Å². The van der Waals surface area contributed by atoms with Gasteiger partial charge in [0.25, 0.3) is 5.91 Å². The molecule has 1 aromatic heterocycles. The van der Waals surface area contributed by atoms with Gasteiger partial charge in [-0.1, -0.05) is 36.4 Å². The Morgan fingerprint density at radius 2 is 1.82 bits per heavy atom. The Balaban J connectivity index is 1.14. The highest BCUT2D eigenvalue weighted by Gasteiger charge is 2.39. The van der Waals surface area contributed by atoms with Crippen LogP contribution in [0, 0.1) is 5.82 Å². The van der Waals surface area contributed by atoms with Crippen LogP contribution in [0.2, 0.25) is 0 Å². The maximum Gasteiger partial charge on any atom is 0.255 e. The van der Waals surface area contributed by atoms with E-state index in [1.54, 1.807) is 30.5 Å². The lowest BCUT2D eigenvalue weighted by atomic mass is 9.85. The minimum atomic E-state index is -0.761. The van der Waals surface area contributed by atoms with Gasteiger partial charge in [0.1, 0.15) is 11.7 Å². The van der Waals surface area contributed by atoms with Gasteiger partial charge in [0.05, 0.1) is 5.60 Å². The number of fused-ring (bicyclic) bond motifs is 1. The monoisotopic (exact) mass is 542 g/mol. The zero-order valence-electron chi connectivity index (χ0n) is 22.1. The van der Waals surface area contributed by atoms with Gasteiger partial charge in [-0.05, 0) is 48.6 Å². The molecule has 3 aromatic rings. The number of aliphatic hydroxyl groups is 1. The lowest BCUT2D eigenvalue weighted by Crippen LogP contribution is -2.52. The third-order valence-electron chi connectivity index (χ3n) is 8.32. The first-order valence-corrected chi connectivity index (χ1v) is 13.7.